The molecule has 0 spiro atoms. The number of nitrogen functional groups attached to an aromatic ring is 1. The van der Waals surface area contributed by atoms with E-state index in [4.69, 9.17) is 5.73 Å². The van der Waals surface area contributed by atoms with E-state index in [1.54, 1.807) is 0 Å². The molecule has 0 saturated carbocycles. The van der Waals surface area contributed by atoms with Gasteiger partial charge in [-0.3, -0.25) is 19.2 Å². The van der Waals surface area contributed by atoms with Crippen LogP contribution in [0.15, 0.2) is 109 Å². The van der Waals surface area contributed by atoms with E-state index in [0.29, 0.717) is 11.1 Å². The van der Waals surface area contributed by atoms with E-state index in [1.165, 1.54) is 60.7 Å². The SMILES string of the molecule is Nc1ccc(S(=O)(=O)O)c2ccc(N=Nc3ccc(N=Nc4ccc([N+](=O)[O-])cc4)c4ccc(S(=O)(=O)O)cc34)c(O)c12. The molecule has 0 atom stereocenters. The number of nitro benzene ring substituents is 1. The Labute approximate surface area is 242 Å². The number of nitro groups is 1. The summed E-state index contributed by atoms with van der Waals surface area (Å²) >= 11 is 0. The van der Waals surface area contributed by atoms with Crippen LogP contribution in [-0.4, -0.2) is 36.0 Å². The topological polar surface area (TPSA) is 248 Å². The first-order valence-electron chi connectivity index (χ1n) is 11.9. The average Bonchev–Trinajstić information content (AvgIpc) is 2.94. The molecule has 0 aromatic heterocycles. The minimum atomic E-state index is -4.64. The minimum Gasteiger partial charge on any atom is -0.505 e. The van der Waals surface area contributed by atoms with E-state index in [1.807, 2.05) is 0 Å². The maximum absolute atomic E-state index is 11.8. The summed E-state index contributed by atoms with van der Waals surface area (Å²) in [6.07, 6.45) is 0. The lowest BCUT2D eigenvalue weighted by Gasteiger charge is -2.10. The zero-order chi connectivity index (χ0) is 31.1. The quantitative estimate of drug-likeness (QED) is 0.0503. The fourth-order valence-electron chi connectivity index (χ4n) is 4.21. The van der Waals surface area contributed by atoms with Crippen LogP contribution in [0.4, 0.5) is 34.1 Å². The van der Waals surface area contributed by atoms with Gasteiger partial charge in [0, 0.05) is 34.0 Å². The van der Waals surface area contributed by atoms with Gasteiger partial charge in [0.2, 0.25) is 0 Å². The highest BCUT2D eigenvalue weighted by Crippen LogP contribution is 2.42. The van der Waals surface area contributed by atoms with Crippen molar-refractivity contribution in [3.8, 4) is 5.75 Å². The molecular weight excluding hydrogens is 604 g/mol. The Morgan fingerprint density at radius 1 is 0.674 bits per heavy atom. The number of anilines is 1. The number of phenolic OH excluding ortho intramolecular Hbond substituents is 1. The molecule has 15 nitrogen and oxygen atoms in total. The van der Waals surface area contributed by atoms with Crippen LogP contribution in [0.2, 0.25) is 0 Å². The van der Waals surface area contributed by atoms with E-state index >= 15 is 0 Å². The number of hydrogen-bond acceptors (Lipinski definition) is 12. The molecule has 0 saturated heterocycles. The third-order valence-electron chi connectivity index (χ3n) is 6.24. The largest absolute Gasteiger partial charge is 0.505 e. The zero-order valence-corrected chi connectivity index (χ0v) is 23.1. The number of phenols is 1. The number of azo groups is 2. The molecule has 43 heavy (non-hydrogen) atoms. The second-order valence-corrected chi connectivity index (χ2v) is 11.8. The van der Waals surface area contributed by atoms with Gasteiger partial charge in [0.15, 0.2) is 5.75 Å². The third-order valence-corrected chi connectivity index (χ3v) is 8.00. The zero-order valence-electron chi connectivity index (χ0n) is 21.4. The predicted molar refractivity (Wildman–Crippen MR) is 155 cm³/mol. The number of aromatic hydroxyl groups is 1. The van der Waals surface area contributed by atoms with E-state index < -0.39 is 40.7 Å². The van der Waals surface area contributed by atoms with Gasteiger partial charge in [-0.25, -0.2) is 0 Å². The van der Waals surface area contributed by atoms with Crippen molar-refractivity contribution >= 4 is 75.9 Å². The molecule has 0 fully saturated rings. The maximum atomic E-state index is 11.8. The van der Waals surface area contributed by atoms with Crippen LogP contribution in [0.5, 0.6) is 5.75 Å². The molecule has 0 aliphatic heterocycles. The second-order valence-electron chi connectivity index (χ2n) is 8.94. The first-order valence-corrected chi connectivity index (χ1v) is 14.8. The summed E-state index contributed by atoms with van der Waals surface area (Å²) in [6.45, 7) is 0. The summed E-state index contributed by atoms with van der Waals surface area (Å²) in [5.74, 6) is -0.527. The molecule has 5 N–H and O–H groups in total. The van der Waals surface area contributed by atoms with Crippen molar-refractivity contribution in [3.05, 3.63) is 89.0 Å². The lowest BCUT2D eigenvalue weighted by Crippen LogP contribution is -2.00. The van der Waals surface area contributed by atoms with Gasteiger partial charge >= 0.3 is 0 Å². The fraction of sp³-hybridized carbons (Fsp3) is 0. The van der Waals surface area contributed by atoms with Crippen LogP contribution < -0.4 is 5.73 Å². The lowest BCUT2D eigenvalue weighted by molar-refractivity contribution is -0.384. The Kier molecular flexibility index (Phi) is 7.32. The Balaban J connectivity index is 1.61. The molecule has 0 amide bonds. The predicted octanol–water partition coefficient (Wildman–Crippen LogP) is 6.51. The van der Waals surface area contributed by atoms with E-state index in [-0.39, 0.29) is 44.6 Å². The number of fused-ring (bicyclic) bond motifs is 2. The van der Waals surface area contributed by atoms with Gasteiger partial charge in [0.05, 0.1) is 32.3 Å². The van der Waals surface area contributed by atoms with E-state index in [2.05, 4.69) is 20.5 Å². The van der Waals surface area contributed by atoms with Gasteiger partial charge in [0.25, 0.3) is 25.9 Å². The third kappa shape index (κ3) is 5.86. The van der Waals surface area contributed by atoms with E-state index in [9.17, 15) is 41.2 Å². The standard InChI is InChI=1S/C26H18N6O9S2/c27-20-8-12-24(43(39,40)41)18-7-9-23(26(33)25(18)20)31-30-22-11-10-21(17-6-5-16(13-19(17)22)42(36,37)38)29-28-14-1-3-15(4-2-14)32(34)35/h1-13,33H,27H2,(H,36,37,38)(H,39,40,41). The molecule has 5 aromatic carbocycles. The maximum Gasteiger partial charge on any atom is 0.295 e. The lowest BCUT2D eigenvalue weighted by atomic mass is 10.1. The molecule has 0 heterocycles. The Morgan fingerprint density at radius 2 is 1.26 bits per heavy atom. The highest BCUT2D eigenvalue weighted by atomic mass is 32.2. The summed E-state index contributed by atoms with van der Waals surface area (Å²) in [7, 11) is -9.25. The summed E-state index contributed by atoms with van der Waals surface area (Å²) in [4.78, 5) is 9.40. The highest BCUT2D eigenvalue weighted by Gasteiger charge is 2.19. The Hall–Kier alpha value is -5.36. The van der Waals surface area contributed by atoms with Gasteiger partial charge < -0.3 is 10.8 Å². The van der Waals surface area contributed by atoms with Crippen LogP contribution in [0.3, 0.4) is 0 Å². The molecule has 218 valence electrons. The normalized spacial score (nSPS) is 12.5. The van der Waals surface area contributed by atoms with Gasteiger partial charge in [-0.2, -0.15) is 21.9 Å². The molecule has 0 aliphatic rings. The summed E-state index contributed by atoms with van der Waals surface area (Å²) in [6, 6.07) is 16.7. The van der Waals surface area contributed by atoms with Gasteiger partial charge in [0.1, 0.15) is 10.6 Å². The van der Waals surface area contributed by atoms with Crippen molar-refractivity contribution in [3.63, 3.8) is 0 Å². The highest BCUT2D eigenvalue weighted by molar-refractivity contribution is 7.86. The molecular formula is C26H18N6O9S2. The minimum absolute atomic E-state index is 0.00271. The van der Waals surface area contributed by atoms with Crippen LogP contribution in [0.25, 0.3) is 21.5 Å². The number of hydrogen-bond donors (Lipinski definition) is 4. The summed E-state index contributed by atoms with van der Waals surface area (Å²) in [5.41, 5.74) is 6.34. The molecule has 17 heteroatoms. The Bertz CT molecular complexity index is 2240. The summed E-state index contributed by atoms with van der Waals surface area (Å²) in [5, 5.41) is 38.5. The molecule has 0 aliphatic carbocycles. The molecule has 0 unspecified atom stereocenters. The van der Waals surface area contributed by atoms with E-state index in [0.717, 1.165) is 18.2 Å². The average molecular weight is 623 g/mol. The van der Waals surface area contributed by atoms with Gasteiger partial charge in [-0.05, 0) is 54.6 Å². The monoisotopic (exact) mass is 622 g/mol. The molecule has 5 rings (SSSR count). The first kappa shape index (κ1) is 29.1. The van der Waals surface area contributed by atoms with Crippen LogP contribution in [0, 0.1) is 10.1 Å². The van der Waals surface area contributed by atoms with Crippen LogP contribution >= 0.6 is 0 Å². The number of nitrogens with two attached hydrogens (primary N) is 1. The van der Waals surface area contributed by atoms with Crippen molar-refractivity contribution in [2.75, 3.05) is 5.73 Å². The number of benzene rings is 5. The van der Waals surface area contributed by atoms with Crippen molar-refractivity contribution in [2.24, 2.45) is 20.5 Å². The van der Waals surface area contributed by atoms with Gasteiger partial charge in [-0.1, -0.05) is 12.1 Å². The number of rotatable bonds is 7. The van der Waals surface area contributed by atoms with Crippen molar-refractivity contribution in [1.82, 2.24) is 0 Å². The van der Waals surface area contributed by atoms with Gasteiger partial charge in [-0.15, -0.1) is 15.3 Å². The van der Waals surface area contributed by atoms with Crippen molar-refractivity contribution < 1.29 is 36.0 Å². The van der Waals surface area contributed by atoms with Crippen molar-refractivity contribution in [2.45, 2.75) is 9.79 Å². The Morgan fingerprint density at radius 3 is 1.88 bits per heavy atom. The number of non-ortho nitro benzene ring substituents is 1. The van der Waals surface area contributed by atoms with Crippen molar-refractivity contribution in [1.29, 1.82) is 0 Å². The van der Waals surface area contributed by atoms with Crippen LogP contribution in [0.1, 0.15) is 0 Å². The first-order chi connectivity index (χ1) is 20.2. The second kappa shape index (κ2) is 10.8. The fourth-order valence-corrected chi connectivity index (χ4v) is 5.41. The molecule has 0 bridgehead atoms. The number of nitrogens with zero attached hydrogens (tertiary/aromatic N) is 5. The molecule has 0 radical (unpaired) electrons. The smallest absolute Gasteiger partial charge is 0.295 e. The van der Waals surface area contributed by atoms with Crippen LogP contribution in [-0.2, 0) is 20.2 Å². The summed E-state index contributed by atoms with van der Waals surface area (Å²) < 4.78 is 66.4. The molecule has 5 aromatic rings.